The Balaban J connectivity index is 2.14. The van der Waals surface area contributed by atoms with Crippen molar-refractivity contribution in [2.24, 2.45) is 0 Å². The van der Waals surface area contributed by atoms with E-state index in [2.05, 4.69) is 17.2 Å². The van der Waals surface area contributed by atoms with Gasteiger partial charge in [0.2, 0.25) is 0 Å². The van der Waals surface area contributed by atoms with E-state index >= 15 is 0 Å². The molecule has 72 valence electrons. The molecule has 1 saturated heterocycles. The van der Waals surface area contributed by atoms with Gasteiger partial charge in [0.1, 0.15) is 11.1 Å². The van der Waals surface area contributed by atoms with Gasteiger partial charge in [-0.1, -0.05) is 0 Å². The zero-order valence-electron chi connectivity index (χ0n) is 7.96. The van der Waals surface area contributed by atoms with Crippen LogP contribution in [0.15, 0.2) is 0 Å². The van der Waals surface area contributed by atoms with Crippen LogP contribution in [0.2, 0.25) is 0 Å². The molecule has 1 unspecified atom stereocenters. The lowest BCUT2D eigenvalue weighted by Gasteiger charge is -2.21. The van der Waals surface area contributed by atoms with Gasteiger partial charge in [0.15, 0.2) is 0 Å². The van der Waals surface area contributed by atoms with E-state index in [1.807, 2.05) is 6.92 Å². The first-order chi connectivity index (χ1) is 6.27. The minimum atomic E-state index is 0.172. The van der Waals surface area contributed by atoms with E-state index in [9.17, 15) is 0 Å². The first kappa shape index (κ1) is 9.12. The number of hydrogen-bond acceptors (Lipinski definition) is 4. The molecule has 0 spiro atoms. The highest BCUT2D eigenvalue weighted by Crippen LogP contribution is 2.25. The van der Waals surface area contributed by atoms with E-state index in [0.29, 0.717) is 0 Å². The fraction of sp³-hybridized carbons (Fsp3) is 0.667. The van der Waals surface area contributed by atoms with Crippen LogP contribution < -0.4 is 5.32 Å². The van der Waals surface area contributed by atoms with Crippen LogP contribution in [0.25, 0.3) is 0 Å². The highest BCUT2D eigenvalue weighted by Gasteiger charge is 2.19. The number of nitrogens with one attached hydrogen (secondary N) is 1. The van der Waals surface area contributed by atoms with Crippen molar-refractivity contribution in [2.75, 3.05) is 19.7 Å². The molecule has 3 nitrogen and oxygen atoms in total. The average molecular weight is 198 g/mol. The Morgan fingerprint density at radius 3 is 2.92 bits per heavy atom. The second-order valence-electron chi connectivity index (χ2n) is 3.26. The molecule has 0 bridgehead atoms. The summed E-state index contributed by atoms with van der Waals surface area (Å²) in [5.41, 5.74) is 1.13. The largest absolute Gasteiger partial charge is 0.368 e. The topological polar surface area (TPSA) is 34.2 Å². The summed E-state index contributed by atoms with van der Waals surface area (Å²) in [7, 11) is 0. The molecule has 0 amide bonds. The fourth-order valence-corrected chi connectivity index (χ4v) is 2.33. The SMILES string of the molecule is Cc1nc(C2CNCCO2)sc1C. The maximum Gasteiger partial charge on any atom is 0.123 e. The van der Waals surface area contributed by atoms with Crippen molar-refractivity contribution in [3.8, 4) is 0 Å². The van der Waals surface area contributed by atoms with Crippen LogP contribution >= 0.6 is 11.3 Å². The van der Waals surface area contributed by atoms with Gasteiger partial charge in [0, 0.05) is 18.0 Å². The van der Waals surface area contributed by atoms with Crippen LogP contribution in [-0.4, -0.2) is 24.7 Å². The van der Waals surface area contributed by atoms with E-state index in [4.69, 9.17) is 4.74 Å². The molecule has 2 rings (SSSR count). The molecule has 1 atom stereocenters. The highest BCUT2D eigenvalue weighted by atomic mass is 32.1. The lowest BCUT2D eigenvalue weighted by Crippen LogP contribution is -2.33. The molecule has 1 aliphatic rings. The summed E-state index contributed by atoms with van der Waals surface area (Å²) < 4.78 is 5.62. The van der Waals surface area contributed by atoms with Gasteiger partial charge < -0.3 is 10.1 Å². The number of rotatable bonds is 1. The van der Waals surface area contributed by atoms with Crippen LogP contribution in [0.5, 0.6) is 0 Å². The summed E-state index contributed by atoms with van der Waals surface area (Å²) in [6.45, 7) is 6.80. The van der Waals surface area contributed by atoms with Gasteiger partial charge in [-0.05, 0) is 13.8 Å². The van der Waals surface area contributed by atoms with Crippen molar-refractivity contribution >= 4 is 11.3 Å². The van der Waals surface area contributed by atoms with Gasteiger partial charge in [-0.2, -0.15) is 0 Å². The summed E-state index contributed by atoms with van der Waals surface area (Å²) in [6.07, 6.45) is 0.172. The Kier molecular flexibility index (Phi) is 2.62. The molecule has 1 aliphatic heterocycles. The zero-order valence-corrected chi connectivity index (χ0v) is 8.78. The highest BCUT2D eigenvalue weighted by molar-refractivity contribution is 7.11. The second-order valence-corrected chi connectivity index (χ2v) is 4.49. The lowest BCUT2D eigenvalue weighted by atomic mass is 10.3. The van der Waals surface area contributed by atoms with E-state index in [-0.39, 0.29) is 6.10 Å². The molecule has 0 radical (unpaired) electrons. The zero-order chi connectivity index (χ0) is 9.26. The summed E-state index contributed by atoms with van der Waals surface area (Å²) in [4.78, 5) is 5.78. The van der Waals surface area contributed by atoms with Gasteiger partial charge in [-0.25, -0.2) is 4.98 Å². The van der Waals surface area contributed by atoms with Crippen LogP contribution in [0.3, 0.4) is 0 Å². The van der Waals surface area contributed by atoms with Crippen molar-refractivity contribution in [1.82, 2.24) is 10.3 Å². The molecule has 0 saturated carbocycles. The number of morpholine rings is 1. The average Bonchev–Trinajstić information content (AvgIpc) is 2.49. The van der Waals surface area contributed by atoms with Crippen molar-refractivity contribution < 1.29 is 4.74 Å². The van der Waals surface area contributed by atoms with E-state index in [1.54, 1.807) is 11.3 Å². The minimum Gasteiger partial charge on any atom is -0.368 e. The first-order valence-electron chi connectivity index (χ1n) is 4.53. The standard InChI is InChI=1S/C9H14N2OS/c1-6-7(2)13-9(11-6)8-5-10-3-4-12-8/h8,10H,3-5H2,1-2H3. The van der Waals surface area contributed by atoms with Crippen molar-refractivity contribution in [1.29, 1.82) is 0 Å². The fourth-order valence-electron chi connectivity index (χ4n) is 1.36. The molecule has 0 aromatic carbocycles. The monoisotopic (exact) mass is 198 g/mol. The molecule has 1 N–H and O–H groups in total. The van der Waals surface area contributed by atoms with Gasteiger partial charge in [-0.3, -0.25) is 0 Å². The smallest absolute Gasteiger partial charge is 0.123 e. The quantitative estimate of drug-likeness (QED) is 0.741. The molecule has 4 heteroatoms. The van der Waals surface area contributed by atoms with Gasteiger partial charge in [0.05, 0.1) is 12.3 Å². The number of aromatic nitrogens is 1. The Bertz CT molecular complexity index is 272. The molecule has 1 aromatic rings. The third-order valence-electron chi connectivity index (χ3n) is 2.25. The molecule has 1 fully saturated rings. The normalized spacial score (nSPS) is 23.4. The molecule has 1 aromatic heterocycles. The second kappa shape index (κ2) is 3.74. The molecule has 13 heavy (non-hydrogen) atoms. The Morgan fingerprint density at radius 1 is 1.54 bits per heavy atom. The molecule has 0 aliphatic carbocycles. The van der Waals surface area contributed by atoms with Crippen LogP contribution in [-0.2, 0) is 4.74 Å². The number of aryl methyl sites for hydroxylation is 2. The summed E-state index contributed by atoms with van der Waals surface area (Å²) in [6, 6.07) is 0. The van der Waals surface area contributed by atoms with Crippen molar-refractivity contribution in [3.63, 3.8) is 0 Å². The summed E-state index contributed by atoms with van der Waals surface area (Å²) >= 11 is 1.74. The van der Waals surface area contributed by atoms with Gasteiger partial charge in [-0.15, -0.1) is 11.3 Å². The number of thiazole rings is 1. The Labute approximate surface area is 82.1 Å². The summed E-state index contributed by atoms with van der Waals surface area (Å²) in [5, 5.41) is 4.42. The number of nitrogens with zero attached hydrogens (tertiary/aromatic N) is 1. The molecule has 2 heterocycles. The maximum atomic E-state index is 5.62. The minimum absolute atomic E-state index is 0.172. The van der Waals surface area contributed by atoms with E-state index < -0.39 is 0 Å². The predicted molar refractivity (Wildman–Crippen MR) is 53.2 cm³/mol. The first-order valence-corrected chi connectivity index (χ1v) is 5.35. The van der Waals surface area contributed by atoms with Gasteiger partial charge >= 0.3 is 0 Å². The van der Waals surface area contributed by atoms with Crippen LogP contribution in [0.1, 0.15) is 21.7 Å². The Morgan fingerprint density at radius 2 is 2.38 bits per heavy atom. The van der Waals surface area contributed by atoms with Crippen molar-refractivity contribution in [3.05, 3.63) is 15.6 Å². The third-order valence-corrected chi connectivity index (χ3v) is 3.41. The lowest BCUT2D eigenvalue weighted by molar-refractivity contribution is 0.0275. The Hall–Kier alpha value is -0.450. The molecular weight excluding hydrogens is 184 g/mol. The third kappa shape index (κ3) is 1.90. The van der Waals surface area contributed by atoms with Gasteiger partial charge in [0.25, 0.3) is 0 Å². The predicted octanol–water partition coefficient (Wildman–Crippen LogP) is 1.42. The molecular formula is C9H14N2OS. The number of hydrogen-bond donors (Lipinski definition) is 1. The van der Waals surface area contributed by atoms with Crippen LogP contribution in [0, 0.1) is 13.8 Å². The van der Waals surface area contributed by atoms with E-state index in [0.717, 1.165) is 30.4 Å². The maximum absolute atomic E-state index is 5.62. The summed E-state index contributed by atoms with van der Waals surface area (Å²) in [5.74, 6) is 0. The number of ether oxygens (including phenoxy) is 1. The van der Waals surface area contributed by atoms with E-state index in [1.165, 1.54) is 4.88 Å². The van der Waals surface area contributed by atoms with Crippen molar-refractivity contribution in [2.45, 2.75) is 20.0 Å². The van der Waals surface area contributed by atoms with Crippen LogP contribution in [0.4, 0.5) is 0 Å².